The highest BCUT2D eigenvalue weighted by Gasteiger charge is 2.56. The minimum absolute atomic E-state index is 0.209. The number of hydrogen-bond donors (Lipinski definition) is 1. The summed E-state index contributed by atoms with van der Waals surface area (Å²) in [5.41, 5.74) is 4.89. The second-order valence-corrected chi connectivity index (χ2v) is 5.10. The van der Waals surface area contributed by atoms with Gasteiger partial charge in [-0.3, -0.25) is 0 Å². The lowest BCUT2D eigenvalue weighted by molar-refractivity contribution is -0.137. The minimum Gasteiger partial charge on any atom is -0.327 e. The van der Waals surface area contributed by atoms with E-state index in [1.54, 1.807) is 0 Å². The van der Waals surface area contributed by atoms with E-state index in [0.717, 1.165) is 12.1 Å². The number of benzene rings is 1. The van der Waals surface area contributed by atoms with E-state index in [2.05, 4.69) is 0 Å². The van der Waals surface area contributed by atoms with Crippen LogP contribution in [0.2, 0.25) is 0 Å². The molecule has 17 heavy (non-hydrogen) atoms. The van der Waals surface area contributed by atoms with Gasteiger partial charge in [0.2, 0.25) is 0 Å². The maximum atomic E-state index is 13.2. The van der Waals surface area contributed by atoms with Crippen molar-refractivity contribution in [2.45, 2.75) is 32.0 Å². The molecular weight excluding hydrogens is 234 g/mol. The lowest BCUT2D eigenvalue weighted by Gasteiger charge is -2.10. The van der Waals surface area contributed by atoms with E-state index in [1.165, 1.54) is 0 Å². The second-order valence-electron chi connectivity index (χ2n) is 5.10. The molecule has 0 heterocycles. The van der Waals surface area contributed by atoms with Crippen molar-refractivity contribution in [3.8, 4) is 0 Å². The van der Waals surface area contributed by atoms with Crippen LogP contribution in [0.25, 0.3) is 0 Å². The van der Waals surface area contributed by atoms with Crippen LogP contribution in [0.5, 0.6) is 0 Å². The SMILES string of the molecule is CC1(C)C(N)C1c1cc(F)cc(C(F)(F)F)c1. The van der Waals surface area contributed by atoms with E-state index in [1.807, 2.05) is 13.8 Å². The van der Waals surface area contributed by atoms with Crippen LogP contribution in [0.15, 0.2) is 18.2 Å². The van der Waals surface area contributed by atoms with Crippen molar-refractivity contribution >= 4 is 0 Å². The Hall–Kier alpha value is -1.10. The van der Waals surface area contributed by atoms with Crippen molar-refractivity contribution < 1.29 is 17.6 Å². The largest absolute Gasteiger partial charge is 0.416 e. The van der Waals surface area contributed by atoms with Gasteiger partial charge in [0.15, 0.2) is 0 Å². The van der Waals surface area contributed by atoms with Gasteiger partial charge in [0.1, 0.15) is 5.82 Å². The van der Waals surface area contributed by atoms with E-state index in [0.29, 0.717) is 11.6 Å². The van der Waals surface area contributed by atoms with Gasteiger partial charge in [-0.15, -0.1) is 0 Å². The highest BCUT2D eigenvalue weighted by molar-refractivity contribution is 5.37. The summed E-state index contributed by atoms with van der Waals surface area (Å²) in [6, 6.07) is 2.41. The first kappa shape index (κ1) is 12.4. The molecule has 0 saturated heterocycles. The zero-order valence-corrected chi connectivity index (χ0v) is 9.48. The Morgan fingerprint density at radius 1 is 1.18 bits per heavy atom. The first-order chi connectivity index (χ1) is 7.64. The Labute approximate surface area is 96.6 Å². The fraction of sp³-hybridized carbons (Fsp3) is 0.500. The molecule has 1 nitrogen and oxygen atoms in total. The molecule has 2 rings (SSSR count). The third-order valence-electron chi connectivity index (χ3n) is 3.52. The molecule has 1 aliphatic carbocycles. The molecule has 5 heteroatoms. The van der Waals surface area contributed by atoms with Crippen LogP contribution in [-0.4, -0.2) is 6.04 Å². The zero-order valence-electron chi connectivity index (χ0n) is 9.48. The predicted molar refractivity (Wildman–Crippen MR) is 55.9 cm³/mol. The fourth-order valence-electron chi connectivity index (χ4n) is 2.27. The molecule has 0 aliphatic heterocycles. The lowest BCUT2D eigenvalue weighted by Crippen LogP contribution is -2.08. The van der Waals surface area contributed by atoms with Crippen LogP contribution in [0.4, 0.5) is 17.6 Å². The normalized spacial score (nSPS) is 27.0. The summed E-state index contributed by atoms with van der Waals surface area (Å²) in [4.78, 5) is 0. The Bertz CT molecular complexity index is 450. The van der Waals surface area contributed by atoms with Gasteiger partial charge < -0.3 is 5.73 Å². The monoisotopic (exact) mass is 247 g/mol. The van der Waals surface area contributed by atoms with Gasteiger partial charge >= 0.3 is 6.18 Å². The van der Waals surface area contributed by atoms with Gasteiger partial charge in [0, 0.05) is 12.0 Å². The molecule has 1 aromatic rings. The van der Waals surface area contributed by atoms with Gasteiger partial charge in [0.25, 0.3) is 0 Å². The van der Waals surface area contributed by atoms with Crippen molar-refractivity contribution in [2.24, 2.45) is 11.1 Å². The highest BCUT2D eigenvalue weighted by atomic mass is 19.4. The molecule has 1 aromatic carbocycles. The molecule has 0 amide bonds. The number of nitrogens with two attached hydrogens (primary N) is 1. The average Bonchev–Trinajstić information content (AvgIpc) is 2.63. The van der Waals surface area contributed by atoms with Gasteiger partial charge in [-0.05, 0) is 29.2 Å². The Morgan fingerprint density at radius 2 is 1.71 bits per heavy atom. The standard InChI is InChI=1S/C12H13F4N/c1-11(2)9(10(11)17)6-3-7(12(14,15)16)5-8(13)4-6/h3-5,9-10H,17H2,1-2H3. The molecule has 1 fully saturated rings. The smallest absolute Gasteiger partial charge is 0.327 e. The highest BCUT2D eigenvalue weighted by Crippen LogP contribution is 2.57. The average molecular weight is 247 g/mol. The molecule has 0 radical (unpaired) electrons. The van der Waals surface area contributed by atoms with E-state index >= 15 is 0 Å². The molecule has 94 valence electrons. The first-order valence-corrected chi connectivity index (χ1v) is 5.27. The summed E-state index contributed by atoms with van der Waals surface area (Å²) in [5.74, 6) is -1.08. The second kappa shape index (κ2) is 3.45. The molecule has 1 aliphatic rings. The summed E-state index contributed by atoms with van der Waals surface area (Å²) < 4.78 is 50.8. The Balaban J connectivity index is 2.41. The van der Waals surface area contributed by atoms with Gasteiger partial charge in [0.05, 0.1) is 5.56 Å². The number of alkyl halides is 3. The third kappa shape index (κ3) is 2.04. The van der Waals surface area contributed by atoms with Crippen molar-refractivity contribution in [1.82, 2.24) is 0 Å². The molecule has 0 bridgehead atoms. The molecule has 0 aromatic heterocycles. The van der Waals surface area contributed by atoms with E-state index in [-0.39, 0.29) is 17.4 Å². The van der Waals surface area contributed by atoms with E-state index in [9.17, 15) is 17.6 Å². The van der Waals surface area contributed by atoms with E-state index < -0.39 is 17.6 Å². The maximum absolute atomic E-state index is 13.2. The summed E-state index contributed by atoms with van der Waals surface area (Å²) in [7, 11) is 0. The van der Waals surface area contributed by atoms with Crippen LogP contribution in [0.3, 0.4) is 0 Å². The first-order valence-electron chi connectivity index (χ1n) is 5.27. The van der Waals surface area contributed by atoms with Gasteiger partial charge in [-0.1, -0.05) is 13.8 Å². The van der Waals surface area contributed by atoms with Crippen LogP contribution in [0.1, 0.15) is 30.9 Å². The number of halogens is 4. The van der Waals surface area contributed by atoms with Gasteiger partial charge in [-0.25, -0.2) is 4.39 Å². The van der Waals surface area contributed by atoms with Crippen molar-refractivity contribution in [3.63, 3.8) is 0 Å². The molecule has 0 spiro atoms. The van der Waals surface area contributed by atoms with Crippen LogP contribution in [-0.2, 0) is 6.18 Å². The maximum Gasteiger partial charge on any atom is 0.416 e. The third-order valence-corrected chi connectivity index (χ3v) is 3.52. The van der Waals surface area contributed by atoms with Crippen molar-refractivity contribution in [2.75, 3.05) is 0 Å². The quantitative estimate of drug-likeness (QED) is 0.757. The Morgan fingerprint density at radius 3 is 2.12 bits per heavy atom. The summed E-state index contributed by atoms with van der Waals surface area (Å²) in [6.07, 6.45) is -4.53. The van der Waals surface area contributed by atoms with Crippen LogP contribution in [0, 0.1) is 11.2 Å². The lowest BCUT2D eigenvalue weighted by atomic mass is 10.0. The van der Waals surface area contributed by atoms with Gasteiger partial charge in [-0.2, -0.15) is 13.2 Å². The topological polar surface area (TPSA) is 26.0 Å². The molecular formula is C12H13F4N. The fourth-order valence-corrected chi connectivity index (χ4v) is 2.27. The minimum atomic E-state index is -4.53. The predicted octanol–water partition coefficient (Wildman–Crippen LogP) is 3.30. The summed E-state index contributed by atoms with van der Waals surface area (Å²) in [5, 5.41) is 0. The van der Waals surface area contributed by atoms with E-state index in [4.69, 9.17) is 5.73 Å². The molecule has 1 saturated carbocycles. The number of rotatable bonds is 1. The summed E-state index contributed by atoms with van der Waals surface area (Å²) in [6.45, 7) is 3.72. The Kier molecular flexibility index (Phi) is 2.51. The molecule has 2 unspecified atom stereocenters. The van der Waals surface area contributed by atoms with Crippen LogP contribution < -0.4 is 5.73 Å². The number of hydrogen-bond acceptors (Lipinski definition) is 1. The van der Waals surface area contributed by atoms with Crippen molar-refractivity contribution in [1.29, 1.82) is 0 Å². The molecule has 2 N–H and O–H groups in total. The molecule has 2 atom stereocenters. The van der Waals surface area contributed by atoms with Crippen LogP contribution >= 0.6 is 0 Å². The van der Waals surface area contributed by atoms with Crippen molar-refractivity contribution in [3.05, 3.63) is 35.1 Å². The zero-order chi connectivity index (χ0) is 13.0. The summed E-state index contributed by atoms with van der Waals surface area (Å²) >= 11 is 0.